The number of imidazole rings is 2. The van der Waals surface area contributed by atoms with Gasteiger partial charge in [-0.25, -0.2) is 9.97 Å². The number of rotatable bonds is 10. The van der Waals surface area contributed by atoms with Crippen LogP contribution >= 0.6 is 0 Å². The molecule has 3 aromatic rings. The quantitative estimate of drug-likeness (QED) is 0.537. The van der Waals surface area contributed by atoms with E-state index in [1.807, 2.05) is 35.0 Å². The average Bonchev–Trinajstić information content (AvgIpc) is 3.15. The second-order valence-corrected chi connectivity index (χ2v) is 7.16. The third kappa shape index (κ3) is 4.51. The van der Waals surface area contributed by atoms with Crippen LogP contribution in [0.3, 0.4) is 0 Å². The summed E-state index contributed by atoms with van der Waals surface area (Å²) in [5.41, 5.74) is 1.42. The molecule has 8 heteroatoms. The number of nitrogens with zero attached hydrogens (tertiary/aromatic N) is 6. The van der Waals surface area contributed by atoms with Crippen molar-refractivity contribution >= 4 is 22.9 Å². The van der Waals surface area contributed by atoms with Crippen molar-refractivity contribution in [1.82, 2.24) is 19.1 Å². The molecule has 1 amide bonds. The molecular weight excluding hydrogens is 366 g/mol. The van der Waals surface area contributed by atoms with Gasteiger partial charge in [0.05, 0.1) is 17.4 Å². The molecule has 0 radical (unpaired) electrons. The first-order valence-electron chi connectivity index (χ1n) is 9.77. The standard InChI is InChI=1S/C21H23N7O/c1-2-3-10-21(25-26-21)11-9-19(29)24-20-23-17-7-4-5-8-18(17)28(20)14-6-13-27-15-12-22-16-27/h1,4-5,7-8,12,15-16H,3,6,9-11,13-14H2,(H,23,24,29). The number of hydrogen-bond acceptors (Lipinski definition) is 5. The number of fused-ring (bicyclic) bond motifs is 1. The maximum atomic E-state index is 12.5. The summed E-state index contributed by atoms with van der Waals surface area (Å²) < 4.78 is 4.10. The lowest BCUT2D eigenvalue weighted by atomic mass is 10.0. The van der Waals surface area contributed by atoms with Crippen LogP contribution in [0.2, 0.25) is 0 Å². The number of aryl methyl sites for hydroxylation is 2. The third-order valence-corrected chi connectivity index (χ3v) is 5.07. The SMILES string of the molecule is C#CCCC1(CCC(=O)Nc2nc3ccccc3n2CCCn2ccnc2)N=N1. The molecule has 148 valence electrons. The van der Waals surface area contributed by atoms with Crippen molar-refractivity contribution < 1.29 is 4.79 Å². The van der Waals surface area contributed by atoms with E-state index in [-0.39, 0.29) is 5.91 Å². The third-order valence-electron chi connectivity index (χ3n) is 5.07. The Labute approximate surface area is 169 Å². The molecule has 2 aromatic heterocycles. The molecule has 29 heavy (non-hydrogen) atoms. The maximum Gasteiger partial charge on any atom is 0.226 e. The van der Waals surface area contributed by atoms with Crippen LogP contribution in [0.15, 0.2) is 53.2 Å². The van der Waals surface area contributed by atoms with Crippen LogP contribution in [0.4, 0.5) is 5.95 Å². The normalized spacial score (nSPS) is 14.0. The van der Waals surface area contributed by atoms with Crippen LogP contribution in [0.5, 0.6) is 0 Å². The molecule has 0 atom stereocenters. The van der Waals surface area contributed by atoms with Gasteiger partial charge in [-0.3, -0.25) is 10.1 Å². The largest absolute Gasteiger partial charge is 0.337 e. The van der Waals surface area contributed by atoms with Gasteiger partial charge in [-0.1, -0.05) is 12.1 Å². The molecule has 0 spiro atoms. The first-order chi connectivity index (χ1) is 14.2. The fourth-order valence-corrected chi connectivity index (χ4v) is 3.40. The van der Waals surface area contributed by atoms with Gasteiger partial charge >= 0.3 is 0 Å². The summed E-state index contributed by atoms with van der Waals surface area (Å²) in [6.45, 7) is 1.59. The van der Waals surface area contributed by atoms with Crippen LogP contribution < -0.4 is 5.32 Å². The molecule has 1 aliphatic heterocycles. The summed E-state index contributed by atoms with van der Waals surface area (Å²) in [6.07, 6.45) is 13.9. The van der Waals surface area contributed by atoms with Crippen LogP contribution in [0.25, 0.3) is 11.0 Å². The fourth-order valence-electron chi connectivity index (χ4n) is 3.40. The minimum atomic E-state index is -0.450. The van der Waals surface area contributed by atoms with Gasteiger partial charge in [-0.15, -0.1) is 12.3 Å². The Balaban J connectivity index is 1.40. The van der Waals surface area contributed by atoms with E-state index in [1.54, 1.807) is 12.5 Å². The number of terminal acetylenes is 1. The van der Waals surface area contributed by atoms with Gasteiger partial charge in [0, 0.05) is 51.2 Å². The highest BCUT2D eigenvalue weighted by Gasteiger charge is 2.39. The van der Waals surface area contributed by atoms with E-state index in [0.717, 1.165) is 30.5 Å². The number of anilines is 1. The lowest BCUT2D eigenvalue weighted by Crippen LogP contribution is -2.20. The molecule has 0 saturated carbocycles. The number of amides is 1. The minimum Gasteiger partial charge on any atom is -0.337 e. The maximum absolute atomic E-state index is 12.5. The second-order valence-electron chi connectivity index (χ2n) is 7.16. The summed E-state index contributed by atoms with van der Waals surface area (Å²) in [5, 5.41) is 11.1. The zero-order chi connectivity index (χ0) is 20.1. The first kappa shape index (κ1) is 18.9. The van der Waals surface area contributed by atoms with Gasteiger partial charge in [0.2, 0.25) is 11.9 Å². The number of aromatic nitrogens is 4. The van der Waals surface area contributed by atoms with Crippen molar-refractivity contribution in [1.29, 1.82) is 0 Å². The monoisotopic (exact) mass is 389 g/mol. The highest BCUT2D eigenvalue weighted by Crippen LogP contribution is 2.37. The van der Waals surface area contributed by atoms with Crippen LogP contribution in [0, 0.1) is 12.3 Å². The zero-order valence-corrected chi connectivity index (χ0v) is 16.2. The molecule has 0 saturated heterocycles. The van der Waals surface area contributed by atoms with Crippen molar-refractivity contribution in [2.24, 2.45) is 10.2 Å². The molecule has 0 fully saturated rings. The lowest BCUT2D eigenvalue weighted by Gasteiger charge is -2.12. The number of para-hydroxylation sites is 2. The van der Waals surface area contributed by atoms with E-state index in [1.165, 1.54) is 0 Å². The molecule has 3 heterocycles. The Morgan fingerprint density at radius 1 is 1.21 bits per heavy atom. The average molecular weight is 389 g/mol. The molecular formula is C21H23N7O. The van der Waals surface area contributed by atoms with E-state index < -0.39 is 5.66 Å². The second kappa shape index (κ2) is 8.27. The predicted octanol–water partition coefficient (Wildman–Crippen LogP) is 3.62. The summed E-state index contributed by atoms with van der Waals surface area (Å²) in [4.78, 5) is 21.2. The highest BCUT2D eigenvalue weighted by molar-refractivity contribution is 5.91. The molecule has 1 aromatic carbocycles. The molecule has 0 bridgehead atoms. The molecule has 8 nitrogen and oxygen atoms in total. The van der Waals surface area contributed by atoms with Crippen LogP contribution in [-0.2, 0) is 17.9 Å². The molecule has 4 rings (SSSR count). The van der Waals surface area contributed by atoms with E-state index in [2.05, 4.69) is 36.0 Å². The van der Waals surface area contributed by atoms with E-state index in [9.17, 15) is 4.79 Å². The number of nitrogens with one attached hydrogen (secondary N) is 1. The van der Waals surface area contributed by atoms with Gasteiger partial charge < -0.3 is 9.13 Å². The molecule has 1 aliphatic rings. The Hall–Kier alpha value is -3.47. The van der Waals surface area contributed by atoms with Crippen molar-refractivity contribution in [3.05, 3.63) is 43.0 Å². The number of carbonyl (C=O) groups is 1. The van der Waals surface area contributed by atoms with Crippen molar-refractivity contribution in [2.75, 3.05) is 5.32 Å². The summed E-state index contributed by atoms with van der Waals surface area (Å²) in [6, 6.07) is 7.90. The Bertz CT molecular complexity index is 1050. The van der Waals surface area contributed by atoms with E-state index in [4.69, 9.17) is 6.42 Å². The van der Waals surface area contributed by atoms with Crippen LogP contribution in [0.1, 0.15) is 32.1 Å². The Morgan fingerprint density at radius 3 is 2.83 bits per heavy atom. The van der Waals surface area contributed by atoms with E-state index in [0.29, 0.717) is 31.6 Å². The zero-order valence-electron chi connectivity index (χ0n) is 16.2. The van der Waals surface area contributed by atoms with Crippen molar-refractivity contribution in [2.45, 2.75) is 50.9 Å². The van der Waals surface area contributed by atoms with Crippen LogP contribution in [-0.4, -0.2) is 30.7 Å². The van der Waals surface area contributed by atoms with E-state index >= 15 is 0 Å². The fraction of sp³-hybridized carbons (Fsp3) is 0.381. The summed E-state index contributed by atoms with van der Waals surface area (Å²) in [5.74, 6) is 3.09. The minimum absolute atomic E-state index is 0.0893. The topological polar surface area (TPSA) is 89.5 Å². The summed E-state index contributed by atoms with van der Waals surface area (Å²) >= 11 is 0. The van der Waals surface area contributed by atoms with Gasteiger partial charge in [-0.2, -0.15) is 10.2 Å². The van der Waals surface area contributed by atoms with Crippen molar-refractivity contribution in [3.8, 4) is 12.3 Å². The van der Waals surface area contributed by atoms with Gasteiger partial charge in [0.15, 0.2) is 5.66 Å². The van der Waals surface area contributed by atoms with Gasteiger partial charge in [0.25, 0.3) is 0 Å². The summed E-state index contributed by atoms with van der Waals surface area (Å²) in [7, 11) is 0. The molecule has 0 unspecified atom stereocenters. The highest BCUT2D eigenvalue weighted by atomic mass is 16.1. The lowest BCUT2D eigenvalue weighted by molar-refractivity contribution is -0.116. The predicted molar refractivity (Wildman–Crippen MR) is 110 cm³/mol. The molecule has 1 N–H and O–H groups in total. The first-order valence-corrected chi connectivity index (χ1v) is 9.77. The number of carbonyl (C=O) groups excluding carboxylic acids is 1. The van der Waals surface area contributed by atoms with Gasteiger partial charge in [0.1, 0.15) is 0 Å². The number of hydrogen-bond donors (Lipinski definition) is 1. The molecule has 0 aliphatic carbocycles. The smallest absolute Gasteiger partial charge is 0.226 e. The van der Waals surface area contributed by atoms with Crippen molar-refractivity contribution in [3.63, 3.8) is 0 Å². The Morgan fingerprint density at radius 2 is 2.07 bits per heavy atom. The number of benzene rings is 1. The van der Waals surface area contributed by atoms with Gasteiger partial charge in [-0.05, 0) is 18.6 Å². The Kier molecular flexibility index (Phi) is 5.38.